The third-order valence-corrected chi connectivity index (χ3v) is 6.66. The van der Waals surface area contributed by atoms with Crippen LogP contribution in [0, 0.1) is 0 Å². The fourth-order valence-corrected chi connectivity index (χ4v) is 4.55. The van der Waals surface area contributed by atoms with Crippen LogP contribution in [0.1, 0.15) is 24.8 Å². The lowest BCUT2D eigenvalue weighted by Crippen LogP contribution is -2.46. The Labute approximate surface area is 159 Å². The Bertz CT molecular complexity index is 701. The van der Waals surface area contributed by atoms with Gasteiger partial charge < -0.3 is 4.90 Å². The molecule has 0 radical (unpaired) electrons. The molecule has 0 aliphatic heterocycles. The third-order valence-electron chi connectivity index (χ3n) is 4.41. The lowest BCUT2D eigenvalue weighted by Gasteiger charge is -2.41. The molecule has 0 saturated heterocycles. The van der Waals surface area contributed by atoms with E-state index in [9.17, 15) is 13.2 Å². The van der Waals surface area contributed by atoms with Gasteiger partial charge in [-0.05, 0) is 44.6 Å². The molecule has 4 nitrogen and oxygen atoms in total. The number of benzene rings is 1. The summed E-state index contributed by atoms with van der Waals surface area (Å²) in [7, 11) is 0.200. The molecule has 1 aromatic carbocycles. The summed E-state index contributed by atoms with van der Waals surface area (Å²) in [5.41, 5.74) is 0.0466. The number of hydrogen-bond acceptors (Lipinski definition) is 4. The Morgan fingerprint density at radius 1 is 1.21 bits per heavy atom. The average molecular weight is 415 g/mol. The minimum absolute atomic E-state index is 0. The molecule has 1 saturated carbocycles. The largest absolute Gasteiger partial charge is 0.308 e. The van der Waals surface area contributed by atoms with Crippen LogP contribution in [0.25, 0.3) is 0 Å². The Kier molecular flexibility index (Phi) is 7.57. The zero-order valence-corrected chi connectivity index (χ0v) is 16.9. The van der Waals surface area contributed by atoms with E-state index in [0.29, 0.717) is 29.4 Å². The van der Waals surface area contributed by atoms with Gasteiger partial charge in [0, 0.05) is 6.54 Å². The minimum atomic E-state index is -3.41. The monoisotopic (exact) mass is 413 g/mol. The van der Waals surface area contributed by atoms with Crippen molar-refractivity contribution in [3.8, 4) is 0 Å². The van der Waals surface area contributed by atoms with Crippen LogP contribution in [-0.2, 0) is 20.0 Å². The smallest absolute Gasteiger partial charge is 0.158 e. The van der Waals surface area contributed by atoms with Crippen molar-refractivity contribution in [1.82, 2.24) is 4.90 Å². The molecule has 2 rings (SSSR count). The molecule has 1 aromatic rings. The first kappa shape index (κ1) is 21.7. The molecule has 0 spiro atoms. The number of Topliss-reactive ketones (excluding diaryl/α,β-unsaturated/α-hetero) is 1. The predicted octanol–water partition coefficient (Wildman–Crippen LogP) is 3.38. The summed E-state index contributed by atoms with van der Waals surface area (Å²) >= 11 is 12.0. The van der Waals surface area contributed by atoms with Gasteiger partial charge in [0.05, 0.1) is 21.2 Å². The minimum Gasteiger partial charge on any atom is -0.308 e. The number of carbonyl (C=O) groups excluding carboxylic acids is 1. The number of carbonyl (C=O) groups is 1. The molecule has 0 bridgehead atoms. The molecule has 8 heteroatoms. The van der Waals surface area contributed by atoms with Crippen LogP contribution in [0.3, 0.4) is 0 Å². The van der Waals surface area contributed by atoms with Gasteiger partial charge >= 0.3 is 0 Å². The van der Waals surface area contributed by atoms with Crippen molar-refractivity contribution >= 4 is 51.2 Å². The highest BCUT2D eigenvalue weighted by atomic mass is 35.5. The fraction of sp³-hybridized carbons (Fsp3) is 0.562. The van der Waals surface area contributed by atoms with Crippen molar-refractivity contribution in [1.29, 1.82) is 0 Å². The van der Waals surface area contributed by atoms with Crippen molar-refractivity contribution in [2.75, 3.05) is 32.1 Å². The fourth-order valence-electron chi connectivity index (χ4n) is 2.78. The molecule has 1 fully saturated rings. The molecule has 0 N–H and O–H groups in total. The Balaban J connectivity index is 0.00000288. The third kappa shape index (κ3) is 4.85. The van der Waals surface area contributed by atoms with Gasteiger partial charge in [-0.3, -0.25) is 4.79 Å². The molecular formula is C16H22Cl3NO3S. The maximum absolute atomic E-state index is 12.7. The van der Waals surface area contributed by atoms with Crippen LogP contribution >= 0.6 is 35.6 Å². The van der Waals surface area contributed by atoms with Gasteiger partial charge in [-0.25, -0.2) is 8.42 Å². The zero-order chi connectivity index (χ0) is 17.3. The summed E-state index contributed by atoms with van der Waals surface area (Å²) in [4.78, 5) is 14.5. The molecule has 0 amide bonds. The van der Waals surface area contributed by atoms with Crippen LogP contribution < -0.4 is 0 Å². The van der Waals surface area contributed by atoms with Gasteiger partial charge in [0.25, 0.3) is 0 Å². The molecule has 1 aliphatic carbocycles. The summed E-state index contributed by atoms with van der Waals surface area (Å²) in [6.07, 6.45) is 2.23. The number of hydrogen-bond donors (Lipinski definition) is 0. The second-order valence-electron chi connectivity index (χ2n) is 6.38. The van der Waals surface area contributed by atoms with Gasteiger partial charge in [0.1, 0.15) is 5.75 Å². The van der Waals surface area contributed by atoms with E-state index in [0.717, 1.165) is 12.0 Å². The number of nitrogens with zero attached hydrogens (tertiary/aromatic N) is 1. The Hall–Kier alpha value is -0.330. The summed E-state index contributed by atoms with van der Waals surface area (Å²) < 4.78 is 24.4. The SMILES string of the molecule is CN(C)CCS(=O)(=O)CC(=O)C1(c2ccc(Cl)c(Cl)c2)CCC1.Cl. The second kappa shape index (κ2) is 8.37. The first-order chi connectivity index (χ1) is 10.7. The Morgan fingerprint density at radius 2 is 1.83 bits per heavy atom. The van der Waals surface area contributed by atoms with Crippen molar-refractivity contribution < 1.29 is 13.2 Å². The number of sulfone groups is 1. The summed E-state index contributed by atoms with van der Waals surface area (Å²) in [5, 5.41) is 0.814. The van der Waals surface area contributed by atoms with Crippen LogP contribution in [-0.4, -0.2) is 51.2 Å². The lowest BCUT2D eigenvalue weighted by atomic mass is 9.62. The number of halogens is 3. The van der Waals surface area contributed by atoms with E-state index in [2.05, 4.69) is 0 Å². The van der Waals surface area contributed by atoms with Crippen LogP contribution in [0.2, 0.25) is 10.0 Å². The molecular weight excluding hydrogens is 393 g/mol. The molecule has 1 aliphatic rings. The average Bonchev–Trinajstić information content (AvgIpc) is 2.39. The first-order valence-corrected chi connectivity index (χ1v) is 10.1. The molecule has 136 valence electrons. The van der Waals surface area contributed by atoms with Gasteiger partial charge in [0.2, 0.25) is 0 Å². The zero-order valence-electron chi connectivity index (χ0n) is 13.7. The summed E-state index contributed by atoms with van der Waals surface area (Å²) in [5.74, 6) is -0.662. The van der Waals surface area contributed by atoms with Crippen molar-refractivity contribution in [3.05, 3.63) is 33.8 Å². The van der Waals surface area contributed by atoms with Crippen molar-refractivity contribution in [2.45, 2.75) is 24.7 Å². The molecule has 24 heavy (non-hydrogen) atoms. The Morgan fingerprint density at radius 3 is 2.29 bits per heavy atom. The summed E-state index contributed by atoms with van der Waals surface area (Å²) in [6.45, 7) is 0.412. The van der Waals surface area contributed by atoms with Gasteiger partial charge in [0.15, 0.2) is 15.6 Å². The van der Waals surface area contributed by atoms with E-state index in [1.165, 1.54) is 0 Å². The normalized spacial score (nSPS) is 16.4. The number of ketones is 1. The topological polar surface area (TPSA) is 54.5 Å². The summed E-state index contributed by atoms with van der Waals surface area (Å²) in [6, 6.07) is 5.12. The van der Waals surface area contributed by atoms with Crippen molar-refractivity contribution in [3.63, 3.8) is 0 Å². The van der Waals surface area contributed by atoms with Gasteiger partial charge in [-0.1, -0.05) is 35.7 Å². The standard InChI is InChI=1S/C16H21Cl2NO3S.ClH/c1-19(2)8-9-23(21,22)11-15(20)16(6-3-7-16)12-4-5-13(17)14(18)10-12;/h4-5,10H,3,6-9,11H2,1-2H3;1H. The molecule has 0 unspecified atom stereocenters. The van der Waals surface area contributed by atoms with Gasteiger partial charge in [-0.15, -0.1) is 12.4 Å². The van der Waals surface area contributed by atoms with Crippen LogP contribution in [0.5, 0.6) is 0 Å². The first-order valence-electron chi connectivity index (χ1n) is 7.50. The predicted molar refractivity (Wildman–Crippen MR) is 101 cm³/mol. The maximum atomic E-state index is 12.7. The highest BCUT2D eigenvalue weighted by Crippen LogP contribution is 2.46. The van der Waals surface area contributed by atoms with E-state index >= 15 is 0 Å². The van der Waals surface area contributed by atoms with Crippen molar-refractivity contribution in [2.24, 2.45) is 0 Å². The lowest BCUT2D eigenvalue weighted by molar-refractivity contribution is -0.125. The van der Waals surface area contributed by atoms with E-state index in [1.54, 1.807) is 37.2 Å². The highest BCUT2D eigenvalue weighted by molar-refractivity contribution is 7.92. The maximum Gasteiger partial charge on any atom is 0.158 e. The quantitative estimate of drug-likeness (QED) is 0.686. The van der Waals surface area contributed by atoms with Crippen LogP contribution in [0.4, 0.5) is 0 Å². The van der Waals surface area contributed by atoms with E-state index in [1.807, 2.05) is 0 Å². The highest BCUT2D eigenvalue weighted by Gasteiger charge is 2.46. The molecule has 0 heterocycles. The van der Waals surface area contributed by atoms with E-state index < -0.39 is 21.0 Å². The second-order valence-corrected chi connectivity index (χ2v) is 9.38. The van der Waals surface area contributed by atoms with E-state index in [4.69, 9.17) is 23.2 Å². The molecule has 0 aromatic heterocycles. The molecule has 0 atom stereocenters. The van der Waals surface area contributed by atoms with Crippen LogP contribution in [0.15, 0.2) is 18.2 Å². The number of rotatable bonds is 7. The van der Waals surface area contributed by atoms with E-state index in [-0.39, 0.29) is 23.9 Å². The van der Waals surface area contributed by atoms with Gasteiger partial charge in [-0.2, -0.15) is 0 Å².